The molecule has 0 spiro atoms. The van der Waals surface area contributed by atoms with Gasteiger partial charge in [0.25, 0.3) is 0 Å². The highest BCUT2D eigenvalue weighted by Crippen LogP contribution is 2.23. The number of pyridine rings is 1. The summed E-state index contributed by atoms with van der Waals surface area (Å²) in [6, 6.07) is 2.03. The highest BCUT2D eigenvalue weighted by molar-refractivity contribution is 6.01. The van der Waals surface area contributed by atoms with Crippen LogP contribution in [0.4, 0.5) is 5.69 Å². The number of nitrogens with one attached hydrogen (secondary N) is 1. The molecule has 0 aliphatic heterocycles. The zero-order chi connectivity index (χ0) is 15.3. The lowest BCUT2D eigenvalue weighted by Gasteiger charge is -2.27. The zero-order valence-electron chi connectivity index (χ0n) is 13.3. The van der Waals surface area contributed by atoms with Gasteiger partial charge in [-0.15, -0.1) is 0 Å². The third kappa shape index (κ3) is 4.20. The van der Waals surface area contributed by atoms with Gasteiger partial charge >= 0.3 is 0 Å². The molecule has 0 atom stereocenters. The van der Waals surface area contributed by atoms with Gasteiger partial charge in [-0.3, -0.25) is 10.4 Å². The molecule has 0 aliphatic rings. The van der Waals surface area contributed by atoms with Crippen molar-refractivity contribution in [3.8, 4) is 0 Å². The first-order valence-corrected chi connectivity index (χ1v) is 7.09. The van der Waals surface area contributed by atoms with Crippen molar-refractivity contribution in [1.29, 1.82) is 5.41 Å². The SMILES string of the molecule is CCN(CCCN(C)C)c1cc(C)nc(C)c1C(=N)N. The number of amidine groups is 1. The average molecular weight is 277 g/mol. The highest BCUT2D eigenvalue weighted by atomic mass is 15.1. The van der Waals surface area contributed by atoms with Crippen molar-refractivity contribution >= 4 is 11.5 Å². The van der Waals surface area contributed by atoms with Crippen molar-refractivity contribution in [3.63, 3.8) is 0 Å². The molecule has 0 aliphatic carbocycles. The number of aromatic nitrogens is 1. The maximum atomic E-state index is 7.80. The number of aryl methyl sites for hydroxylation is 2. The summed E-state index contributed by atoms with van der Waals surface area (Å²) >= 11 is 0. The Morgan fingerprint density at radius 1 is 1.30 bits per heavy atom. The molecular weight excluding hydrogens is 250 g/mol. The Morgan fingerprint density at radius 3 is 2.45 bits per heavy atom. The minimum atomic E-state index is 0.0936. The summed E-state index contributed by atoms with van der Waals surface area (Å²) < 4.78 is 0. The molecule has 0 aromatic carbocycles. The van der Waals surface area contributed by atoms with Crippen LogP contribution in [0, 0.1) is 19.3 Å². The zero-order valence-corrected chi connectivity index (χ0v) is 13.3. The predicted octanol–water partition coefficient (Wildman–Crippen LogP) is 1.76. The Hall–Kier alpha value is -1.62. The first-order chi connectivity index (χ1) is 9.36. The molecule has 1 aromatic rings. The van der Waals surface area contributed by atoms with E-state index in [-0.39, 0.29) is 5.84 Å². The molecule has 0 fully saturated rings. The number of nitrogens with two attached hydrogens (primary N) is 1. The second kappa shape index (κ2) is 7.24. The summed E-state index contributed by atoms with van der Waals surface area (Å²) in [4.78, 5) is 8.89. The molecule has 0 unspecified atom stereocenters. The van der Waals surface area contributed by atoms with E-state index in [2.05, 4.69) is 35.8 Å². The quantitative estimate of drug-likeness (QED) is 0.588. The van der Waals surface area contributed by atoms with Gasteiger partial charge in [0.1, 0.15) is 5.84 Å². The van der Waals surface area contributed by atoms with E-state index < -0.39 is 0 Å². The van der Waals surface area contributed by atoms with Gasteiger partial charge in [-0.1, -0.05) is 0 Å². The smallest absolute Gasteiger partial charge is 0.126 e. The van der Waals surface area contributed by atoms with Crippen LogP contribution in [0.25, 0.3) is 0 Å². The monoisotopic (exact) mass is 277 g/mol. The van der Waals surface area contributed by atoms with Crippen LogP contribution in [-0.4, -0.2) is 49.4 Å². The van der Waals surface area contributed by atoms with Crippen LogP contribution in [0.1, 0.15) is 30.3 Å². The Bertz CT molecular complexity index is 468. The Kier molecular flexibility index (Phi) is 5.95. The van der Waals surface area contributed by atoms with E-state index in [0.29, 0.717) is 0 Å². The lowest BCUT2D eigenvalue weighted by atomic mass is 10.1. The van der Waals surface area contributed by atoms with E-state index in [0.717, 1.165) is 48.7 Å². The molecule has 0 radical (unpaired) electrons. The fourth-order valence-electron chi connectivity index (χ4n) is 2.42. The Balaban J connectivity index is 3.04. The number of nitrogens with zero attached hydrogens (tertiary/aromatic N) is 3. The van der Waals surface area contributed by atoms with Crippen LogP contribution in [-0.2, 0) is 0 Å². The van der Waals surface area contributed by atoms with E-state index in [9.17, 15) is 0 Å². The van der Waals surface area contributed by atoms with Gasteiger partial charge in [0.2, 0.25) is 0 Å². The number of nitrogen functional groups attached to an aromatic ring is 1. The predicted molar refractivity (Wildman–Crippen MR) is 85.8 cm³/mol. The van der Waals surface area contributed by atoms with Crippen LogP contribution >= 0.6 is 0 Å². The maximum Gasteiger partial charge on any atom is 0.126 e. The van der Waals surface area contributed by atoms with Gasteiger partial charge in [0.15, 0.2) is 0 Å². The van der Waals surface area contributed by atoms with Gasteiger partial charge in [-0.2, -0.15) is 0 Å². The number of hydrogen-bond acceptors (Lipinski definition) is 4. The van der Waals surface area contributed by atoms with E-state index in [1.54, 1.807) is 0 Å². The van der Waals surface area contributed by atoms with Gasteiger partial charge in [-0.05, 0) is 53.9 Å². The molecule has 5 nitrogen and oxygen atoms in total. The van der Waals surface area contributed by atoms with E-state index in [1.807, 2.05) is 19.9 Å². The number of hydrogen-bond donors (Lipinski definition) is 2. The highest BCUT2D eigenvalue weighted by Gasteiger charge is 2.16. The summed E-state index contributed by atoms with van der Waals surface area (Å²) in [5.74, 6) is 0.0936. The molecule has 1 heterocycles. The molecule has 112 valence electrons. The van der Waals surface area contributed by atoms with Crippen LogP contribution in [0.5, 0.6) is 0 Å². The van der Waals surface area contributed by atoms with Crippen molar-refractivity contribution in [2.45, 2.75) is 27.2 Å². The number of anilines is 1. The molecule has 0 bridgehead atoms. The first-order valence-electron chi connectivity index (χ1n) is 7.09. The first kappa shape index (κ1) is 16.4. The normalized spacial score (nSPS) is 10.9. The van der Waals surface area contributed by atoms with Crippen LogP contribution in [0.2, 0.25) is 0 Å². The fourth-order valence-corrected chi connectivity index (χ4v) is 2.42. The molecule has 5 heteroatoms. The second-order valence-electron chi connectivity index (χ2n) is 5.39. The lowest BCUT2D eigenvalue weighted by molar-refractivity contribution is 0.400. The topological polar surface area (TPSA) is 69.2 Å². The van der Waals surface area contributed by atoms with Crippen molar-refractivity contribution in [2.24, 2.45) is 5.73 Å². The molecule has 0 amide bonds. The molecule has 0 saturated carbocycles. The van der Waals surface area contributed by atoms with Gasteiger partial charge < -0.3 is 15.5 Å². The van der Waals surface area contributed by atoms with Crippen LogP contribution in [0.3, 0.4) is 0 Å². The Labute approximate surface area is 122 Å². The van der Waals surface area contributed by atoms with Gasteiger partial charge in [0, 0.05) is 18.8 Å². The largest absolute Gasteiger partial charge is 0.384 e. The molecular formula is C15H27N5. The summed E-state index contributed by atoms with van der Waals surface area (Å²) in [5.41, 5.74) is 9.34. The fraction of sp³-hybridized carbons (Fsp3) is 0.600. The van der Waals surface area contributed by atoms with Crippen molar-refractivity contribution in [2.75, 3.05) is 38.6 Å². The van der Waals surface area contributed by atoms with E-state index >= 15 is 0 Å². The summed E-state index contributed by atoms with van der Waals surface area (Å²) in [6.45, 7) is 8.93. The maximum absolute atomic E-state index is 7.80. The van der Waals surface area contributed by atoms with Crippen LogP contribution in [0.15, 0.2) is 6.07 Å². The minimum absolute atomic E-state index is 0.0936. The standard InChI is InChI=1S/C15H27N5/c1-6-20(9-7-8-19(4)5)13-10-11(2)18-12(3)14(13)15(16)17/h10H,6-9H2,1-5H3,(H3,16,17). The average Bonchev–Trinajstić information content (AvgIpc) is 2.32. The molecule has 20 heavy (non-hydrogen) atoms. The summed E-state index contributed by atoms with van der Waals surface area (Å²) in [7, 11) is 4.16. The van der Waals surface area contributed by atoms with E-state index in [1.165, 1.54) is 0 Å². The number of rotatable bonds is 7. The molecule has 1 rings (SSSR count). The lowest BCUT2D eigenvalue weighted by Crippen LogP contribution is -2.30. The van der Waals surface area contributed by atoms with Crippen molar-refractivity contribution in [3.05, 3.63) is 23.0 Å². The van der Waals surface area contributed by atoms with Gasteiger partial charge in [0.05, 0.1) is 16.9 Å². The van der Waals surface area contributed by atoms with Gasteiger partial charge in [-0.25, -0.2) is 0 Å². The van der Waals surface area contributed by atoms with Crippen LogP contribution < -0.4 is 10.6 Å². The van der Waals surface area contributed by atoms with Crippen molar-refractivity contribution in [1.82, 2.24) is 9.88 Å². The van der Waals surface area contributed by atoms with E-state index in [4.69, 9.17) is 11.1 Å². The molecule has 1 aromatic heterocycles. The minimum Gasteiger partial charge on any atom is -0.384 e. The molecule has 0 saturated heterocycles. The summed E-state index contributed by atoms with van der Waals surface area (Å²) in [5, 5.41) is 7.80. The third-order valence-corrected chi connectivity index (χ3v) is 3.33. The second-order valence-corrected chi connectivity index (χ2v) is 5.39. The third-order valence-electron chi connectivity index (χ3n) is 3.33. The summed E-state index contributed by atoms with van der Waals surface area (Å²) in [6.07, 6.45) is 1.08. The molecule has 3 N–H and O–H groups in total. The Morgan fingerprint density at radius 2 is 1.95 bits per heavy atom. The van der Waals surface area contributed by atoms with Crippen molar-refractivity contribution < 1.29 is 0 Å².